The zero-order valence-corrected chi connectivity index (χ0v) is 47.1. The summed E-state index contributed by atoms with van der Waals surface area (Å²) < 4.78 is 73.3. The molecule has 25 heteroatoms. The fraction of sp³-hybridized carbons (Fsp3) is 0.464. The Hall–Kier alpha value is -6.90. The van der Waals surface area contributed by atoms with Crippen molar-refractivity contribution in [2.75, 3.05) is 81.6 Å². The van der Waals surface area contributed by atoms with Gasteiger partial charge in [-0.3, -0.25) is 28.8 Å². The number of pyridine rings is 1. The Bertz CT molecular complexity index is 3400. The number of alkyl halides is 1. The minimum absolute atomic E-state index is 0.00792. The number of piperidine rings is 1. The van der Waals surface area contributed by atoms with Crippen LogP contribution in [0.1, 0.15) is 73.6 Å². The molecule has 4 saturated heterocycles. The van der Waals surface area contributed by atoms with E-state index in [2.05, 4.69) is 50.3 Å². The van der Waals surface area contributed by atoms with E-state index >= 15 is 8.78 Å². The highest BCUT2D eigenvalue weighted by Crippen LogP contribution is 2.33. The number of carbonyl (C=O) groups is 4. The number of fused-ring (bicyclic) bond motifs is 1. The molecule has 0 saturated carbocycles. The van der Waals surface area contributed by atoms with E-state index in [9.17, 15) is 37.1 Å². The lowest BCUT2D eigenvalue weighted by Crippen LogP contribution is -2.59. The van der Waals surface area contributed by atoms with Crippen LogP contribution in [-0.2, 0) is 31.1 Å². The van der Waals surface area contributed by atoms with Crippen molar-refractivity contribution in [2.45, 2.75) is 84.3 Å². The van der Waals surface area contributed by atoms with E-state index in [1.54, 1.807) is 36.0 Å². The van der Waals surface area contributed by atoms with Crippen LogP contribution in [0.25, 0.3) is 32.6 Å². The van der Waals surface area contributed by atoms with Crippen molar-refractivity contribution in [1.29, 1.82) is 0 Å². The molecular weight excluding hydrogens is 1090 g/mol. The van der Waals surface area contributed by atoms with Crippen LogP contribution in [0.4, 0.5) is 24.8 Å². The molecule has 4 aliphatic heterocycles. The summed E-state index contributed by atoms with van der Waals surface area (Å²) in [5.41, 5.74) is 3.70. The predicted octanol–water partition coefficient (Wildman–Crippen LogP) is 5.30. The number of β-amino-alcohol motifs (C(OH)–C–C–N with tert-alkyl or cyclic N) is 1. The van der Waals surface area contributed by atoms with E-state index in [-0.39, 0.29) is 67.4 Å². The number of hydrogen-bond acceptors (Lipinski definition) is 15. The third-order valence-electron chi connectivity index (χ3n) is 15.7. The number of halogens is 3. The Morgan fingerprint density at radius 1 is 0.864 bits per heavy atom. The molecule has 4 fully saturated rings. The van der Waals surface area contributed by atoms with Gasteiger partial charge in [0, 0.05) is 125 Å². The van der Waals surface area contributed by atoms with E-state index in [0.717, 1.165) is 83.7 Å². The number of benzene rings is 2. The molecule has 3 amide bonds. The number of ketones is 1. The molecule has 4 aliphatic rings. The highest BCUT2D eigenvalue weighted by atomic mass is 32.2. The predicted molar refractivity (Wildman–Crippen MR) is 300 cm³/mol. The number of amides is 3. The quantitative estimate of drug-likeness (QED) is 0.0729. The van der Waals surface area contributed by atoms with Gasteiger partial charge in [0.05, 0.1) is 40.0 Å². The number of aromatic nitrogens is 5. The van der Waals surface area contributed by atoms with Gasteiger partial charge < -0.3 is 35.4 Å². The van der Waals surface area contributed by atoms with Gasteiger partial charge in [-0.1, -0.05) is 45.0 Å². The summed E-state index contributed by atoms with van der Waals surface area (Å²) in [5, 5.41) is 16.9. The first-order chi connectivity index (χ1) is 38.7. The van der Waals surface area contributed by atoms with Crippen LogP contribution < -0.4 is 20.3 Å². The minimum atomic E-state index is -4.38. The van der Waals surface area contributed by atoms with Crippen LogP contribution in [0.2, 0.25) is 0 Å². The third-order valence-corrected chi connectivity index (χ3v) is 18.2. The molecule has 81 heavy (non-hydrogen) atoms. The van der Waals surface area contributed by atoms with Crippen LogP contribution in [0.15, 0.2) is 72.8 Å². The Kier molecular flexibility index (Phi) is 16.9. The molecule has 5 N–H and O–H groups in total. The maximum atomic E-state index is 15.8. The average molecular weight is 1150 g/mol. The number of H-pyrrole nitrogens is 1. The fourth-order valence-electron chi connectivity index (χ4n) is 11.1. The van der Waals surface area contributed by atoms with Gasteiger partial charge in [-0.2, -0.15) is 12.7 Å². The summed E-state index contributed by atoms with van der Waals surface area (Å²) in [7, 11) is -4.38. The largest absolute Gasteiger partial charge is 0.391 e. The molecule has 0 radical (unpaired) electrons. The lowest BCUT2D eigenvalue weighted by Gasteiger charge is -2.39. The number of carbonyl (C=O) groups excluding carboxylic acids is 4. The first kappa shape index (κ1) is 57.3. The molecule has 0 spiro atoms. The molecule has 430 valence electrons. The van der Waals surface area contributed by atoms with Gasteiger partial charge in [0.2, 0.25) is 29.5 Å². The topological polar surface area (TPSA) is 242 Å². The summed E-state index contributed by atoms with van der Waals surface area (Å²) in [5.74, 6) is -3.70. The number of aryl methyl sites for hydroxylation is 1. The van der Waals surface area contributed by atoms with Gasteiger partial charge in [-0.15, -0.1) is 11.3 Å². The third kappa shape index (κ3) is 12.9. The fourth-order valence-corrected chi connectivity index (χ4v) is 13.1. The van der Waals surface area contributed by atoms with Crippen molar-refractivity contribution < 1.29 is 45.9 Å². The molecule has 0 bridgehead atoms. The summed E-state index contributed by atoms with van der Waals surface area (Å²) in [6, 6.07) is 9.37. The van der Waals surface area contributed by atoms with Crippen LogP contribution >= 0.6 is 11.3 Å². The highest BCUT2D eigenvalue weighted by Gasteiger charge is 2.45. The average Bonchev–Trinajstić information content (AvgIpc) is 4.41. The molecule has 10 rings (SSSR count). The van der Waals surface area contributed by atoms with Gasteiger partial charge in [0.15, 0.2) is 5.82 Å². The van der Waals surface area contributed by atoms with Gasteiger partial charge in [0.1, 0.15) is 29.7 Å². The first-order valence-corrected chi connectivity index (χ1v) is 29.5. The summed E-state index contributed by atoms with van der Waals surface area (Å²) in [6.45, 7) is 12.8. The standard InChI is InChI=1S/C56H66F3N13O7S2/c1-33-50(80-32-65-33)36-7-5-34(6-8-36)23-62-53(76)45-22-40(73)30-72(45)54(77)51(56(2,3)4)66-46(74)31-69-19-17-68(18-20-69)28-35-11-14-70(15-12-35)55-63-25-38(26-64-55)37-21-41-42(27-61-52(41)60-24-37)49(75)47-43(58)9-10-44(48(47)59)67-81(78,79)71-16-13-39(57)29-71/h5-10,21,24-27,32,35,39-40,45,51,67,73H,11-20,22-23,28-31H2,1-4H3,(H,60,61)(H,62,76)(H,66,74)/t39-,40-,45+,51-/m1/s1. The number of rotatable bonds is 17. The van der Waals surface area contributed by atoms with Gasteiger partial charge in [-0.05, 0) is 66.8 Å². The van der Waals surface area contributed by atoms with Crippen molar-refractivity contribution in [1.82, 2.24) is 54.6 Å². The summed E-state index contributed by atoms with van der Waals surface area (Å²) >= 11 is 1.57. The molecule has 4 aromatic heterocycles. The first-order valence-electron chi connectivity index (χ1n) is 27.2. The van der Waals surface area contributed by atoms with Gasteiger partial charge in [0.25, 0.3) is 0 Å². The van der Waals surface area contributed by atoms with Gasteiger partial charge >= 0.3 is 10.2 Å². The van der Waals surface area contributed by atoms with Crippen molar-refractivity contribution in [3.63, 3.8) is 0 Å². The smallest absolute Gasteiger partial charge is 0.301 e. The van der Waals surface area contributed by atoms with Crippen LogP contribution in [0.5, 0.6) is 0 Å². The minimum Gasteiger partial charge on any atom is -0.391 e. The SMILES string of the molecule is Cc1ncsc1-c1ccc(CNC(=O)[C@@H]2C[C@@H](O)CN2C(=O)[C@@H](NC(=O)CN2CCN(CC3CCN(c4ncc(-c5cnc6[nH]cc(C(=O)c7c(F)ccc(NS(=O)(=O)N8CC[C@@H](F)C8)c7F)c6c5)cn4)CC3)CC2)C(C)(C)C)cc1. The Morgan fingerprint density at radius 2 is 1.57 bits per heavy atom. The van der Waals surface area contributed by atoms with Crippen LogP contribution in [0.3, 0.4) is 0 Å². The second-order valence-corrected chi connectivity index (χ2v) is 25.0. The molecule has 0 aliphatic carbocycles. The number of thiazole rings is 1. The van der Waals surface area contributed by atoms with Crippen LogP contribution in [-0.4, -0.2) is 177 Å². The maximum Gasteiger partial charge on any atom is 0.301 e. The molecule has 6 aromatic rings. The summed E-state index contributed by atoms with van der Waals surface area (Å²) in [6.07, 6.45) is 5.83. The number of likely N-dealkylation sites (tertiary alicyclic amines) is 1. The lowest BCUT2D eigenvalue weighted by atomic mass is 9.85. The number of aliphatic hydroxyl groups is 1. The molecule has 2 aromatic carbocycles. The zero-order valence-electron chi connectivity index (χ0n) is 45.5. The molecular formula is C56H66F3N13O7S2. The normalized spacial score (nSPS) is 20.2. The number of anilines is 2. The number of nitrogens with one attached hydrogen (secondary N) is 4. The van der Waals surface area contributed by atoms with Gasteiger partial charge in [-0.25, -0.2) is 33.1 Å². The lowest BCUT2D eigenvalue weighted by molar-refractivity contribution is -0.144. The van der Waals surface area contributed by atoms with Crippen molar-refractivity contribution in [3.05, 3.63) is 107 Å². The Balaban J connectivity index is 0.678. The number of aromatic amines is 1. The van der Waals surface area contributed by atoms with E-state index in [4.69, 9.17) is 0 Å². The maximum absolute atomic E-state index is 15.8. The van der Waals surface area contributed by atoms with Crippen molar-refractivity contribution in [2.24, 2.45) is 11.3 Å². The number of nitrogens with zero attached hydrogens (tertiary/aromatic N) is 9. The number of piperazine rings is 1. The van der Waals surface area contributed by atoms with E-state index < -0.39 is 81.1 Å². The molecule has 4 atom stereocenters. The zero-order chi connectivity index (χ0) is 57.3. The van der Waals surface area contributed by atoms with E-state index in [1.807, 2.05) is 62.2 Å². The molecule has 20 nitrogen and oxygen atoms in total. The molecule has 8 heterocycles. The Labute approximate surface area is 471 Å². The Morgan fingerprint density at radius 3 is 2.23 bits per heavy atom. The highest BCUT2D eigenvalue weighted by molar-refractivity contribution is 7.90. The second-order valence-electron chi connectivity index (χ2n) is 22.5. The second kappa shape index (κ2) is 23.9. The van der Waals surface area contributed by atoms with Crippen molar-refractivity contribution in [3.8, 4) is 21.6 Å². The number of hydrogen-bond donors (Lipinski definition) is 5. The monoisotopic (exact) mass is 1150 g/mol. The van der Waals surface area contributed by atoms with Crippen LogP contribution in [0, 0.1) is 29.9 Å². The van der Waals surface area contributed by atoms with E-state index in [1.165, 1.54) is 11.1 Å². The van der Waals surface area contributed by atoms with E-state index in [0.29, 0.717) is 36.1 Å². The van der Waals surface area contributed by atoms with Crippen molar-refractivity contribution >= 4 is 67.7 Å². The number of aliphatic hydroxyl groups excluding tert-OH is 1. The molecule has 0 unspecified atom stereocenters. The summed E-state index contributed by atoms with van der Waals surface area (Å²) in [4.78, 5) is 85.3.